The second-order valence-corrected chi connectivity index (χ2v) is 7.50. The van der Waals surface area contributed by atoms with Gasteiger partial charge in [0.2, 0.25) is 0 Å². The highest BCUT2D eigenvalue weighted by Gasteiger charge is 2.42. The molecule has 0 aromatic heterocycles. The molecule has 2 unspecified atom stereocenters. The Hall–Kier alpha value is -0.340. The first kappa shape index (κ1) is 14.1. The van der Waals surface area contributed by atoms with Gasteiger partial charge in [0.05, 0.1) is 5.60 Å². The molecule has 0 radical (unpaired) electrons. The number of halogens is 1. The predicted octanol–water partition coefficient (Wildman–Crippen LogP) is 4.57. The minimum absolute atomic E-state index is 0.355. The van der Waals surface area contributed by atoms with E-state index >= 15 is 0 Å². The first-order valence-corrected chi connectivity index (χ1v) is 7.57. The molecule has 2 atom stereocenters. The summed E-state index contributed by atoms with van der Waals surface area (Å²) in [7, 11) is 0. The minimum Gasteiger partial charge on any atom is -0.389 e. The number of hydrogen-bond donors (Lipinski definition) is 1. The molecule has 1 aromatic rings. The number of rotatable bonds is 2. The second-order valence-electron chi connectivity index (χ2n) is 6.64. The number of benzene rings is 1. The molecule has 18 heavy (non-hydrogen) atoms. The Kier molecular flexibility index (Phi) is 3.89. The van der Waals surface area contributed by atoms with Crippen LogP contribution in [0.5, 0.6) is 0 Å². The maximum Gasteiger partial charge on any atom is 0.0714 e. The average Bonchev–Trinajstić information content (AvgIpc) is 2.28. The fourth-order valence-electron chi connectivity index (χ4n) is 3.16. The molecule has 0 saturated heterocycles. The normalized spacial score (nSPS) is 31.3. The van der Waals surface area contributed by atoms with Crippen molar-refractivity contribution in [3.05, 3.63) is 34.3 Å². The summed E-state index contributed by atoms with van der Waals surface area (Å²) in [6.45, 7) is 6.81. The van der Waals surface area contributed by atoms with E-state index in [4.69, 9.17) is 0 Å². The van der Waals surface area contributed by atoms with E-state index in [9.17, 15) is 5.11 Å². The molecule has 100 valence electrons. The molecule has 1 N–H and O–H groups in total. The lowest BCUT2D eigenvalue weighted by molar-refractivity contribution is -0.0705. The van der Waals surface area contributed by atoms with Crippen molar-refractivity contribution in [3.63, 3.8) is 0 Å². The number of aliphatic hydroxyl groups is 1. The molecule has 1 saturated carbocycles. The highest BCUT2D eigenvalue weighted by Crippen LogP contribution is 2.45. The molecule has 0 bridgehead atoms. The SMILES string of the molecule is CC1CC(C)(C)CCC1(O)Cc1ccccc1Br. The Morgan fingerprint density at radius 1 is 1.28 bits per heavy atom. The average molecular weight is 311 g/mol. The van der Waals surface area contributed by atoms with Gasteiger partial charge < -0.3 is 5.11 Å². The number of hydrogen-bond acceptors (Lipinski definition) is 1. The molecule has 0 aliphatic heterocycles. The zero-order valence-electron chi connectivity index (χ0n) is 11.5. The third-order valence-electron chi connectivity index (χ3n) is 4.47. The molecule has 0 heterocycles. The van der Waals surface area contributed by atoms with Crippen LogP contribution in [0.1, 0.15) is 45.6 Å². The summed E-state index contributed by atoms with van der Waals surface area (Å²) in [4.78, 5) is 0. The van der Waals surface area contributed by atoms with Gasteiger partial charge in [0.15, 0.2) is 0 Å². The summed E-state index contributed by atoms with van der Waals surface area (Å²) < 4.78 is 1.11. The summed E-state index contributed by atoms with van der Waals surface area (Å²) >= 11 is 3.58. The van der Waals surface area contributed by atoms with Crippen LogP contribution < -0.4 is 0 Å². The van der Waals surface area contributed by atoms with Crippen molar-refractivity contribution in [3.8, 4) is 0 Å². The van der Waals surface area contributed by atoms with Gasteiger partial charge in [0.1, 0.15) is 0 Å². The lowest BCUT2D eigenvalue weighted by Gasteiger charge is -2.45. The van der Waals surface area contributed by atoms with E-state index in [1.807, 2.05) is 12.1 Å². The van der Waals surface area contributed by atoms with Crippen LogP contribution in [-0.4, -0.2) is 10.7 Å². The van der Waals surface area contributed by atoms with Crippen molar-refractivity contribution in [2.75, 3.05) is 0 Å². The van der Waals surface area contributed by atoms with Gasteiger partial charge in [-0.15, -0.1) is 0 Å². The Morgan fingerprint density at radius 3 is 2.56 bits per heavy atom. The Balaban J connectivity index is 2.16. The smallest absolute Gasteiger partial charge is 0.0714 e. The Bertz CT molecular complexity index is 427. The van der Waals surface area contributed by atoms with E-state index in [0.717, 1.165) is 30.2 Å². The fraction of sp³-hybridized carbons (Fsp3) is 0.625. The van der Waals surface area contributed by atoms with E-state index < -0.39 is 5.60 Å². The van der Waals surface area contributed by atoms with Crippen molar-refractivity contribution >= 4 is 15.9 Å². The summed E-state index contributed by atoms with van der Waals surface area (Å²) in [6, 6.07) is 8.22. The van der Waals surface area contributed by atoms with Crippen LogP contribution in [0.25, 0.3) is 0 Å². The van der Waals surface area contributed by atoms with Crippen molar-refractivity contribution in [1.82, 2.24) is 0 Å². The third-order valence-corrected chi connectivity index (χ3v) is 5.24. The molecule has 0 amide bonds. The van der Waals surface area contributed by atoms with Crippen LogP contribution in [0, 0.1) is 11.3 Å². The minimum atomic E-state index is -0.542. The lowest BCUT2D eigenvalue weighted by Crippen LogP contribution is -2.45. The van der Waals surface area contributed by atoms with E-state index in [1.165, 1.54) is 5.56 Å². The molecule has 1 aliphatic rings. The summed E-state index contributed by atoms with van der Waals surface area (Å²) in [5, 5.41) is 10.9. The van der Waals surface area contributed by atoms with Crippen molar-refractivity contribution in [2.45, 2.75) is 52.1 Å². The first-order chi connectivity index (χ1) is 8.32. The van der Waals surface area contributed by atoms with Crippen LogP contribution in [0.3, 0.4) is 0 Å². The summed E-state index contributed by atoms with van der Waals surface area (Å²) in [5.74, 6) is 0.355. The molecule has 1 aliphatic carbocycles. The largest absolute Gasteiger partial charge is 0.389 e. The molecule has 2 rings (SSSR count). The van der Waals surface area contributed by atoms with Gasteiger partial charge in [-0.3, -0.25) is 0 Å². The van der Waals surface area contributed by atoms with Crippen LogP contribution in [0.2, 0.25) is 0 Å². The molecular weight excluding hydrogens is 288 g/mol. The van der Waals surface area contributed by atoms with Crippen molar-refractivity contribution < 1.29 is 5.11 Å². The predicted molar refractivity (Wildman–Crippen MR) is 79.6 cm³/mol. The molecule has 1 nitrogen and oxygen atoms in total. The van der Waals surface area contributed by atoms with Gasteiger partial charge in [-0.2, -0.15) is 0 Å². The van der Waals surface area contributed by atoms with Crippen molar-refractivity contribution in [2.24, 2.45) is 11.3 Å². The maximum atomic E-state index is 10.9. The van der Waals surface area contributed by atoms with E-state index in [-0.39, 0.29) is 0 Å². The first-order valence-electron chi connectivity index (χ1n) is 6.78. The lowest BCUT2D eigenvalue weighted by atomic mass is 9.64. The highest BCUT2D eigenvalue weighted by molar-refractivity contribution is 9.10. The highest BCUT2D eigenvalue weighted by atomic mass is 79.9. The van der Waals surface area contributed by atoms with E-state index in [0.29, 0.717) is 11.3 Å². The van der Waals surface area contributed by atoms with Crippen LogP contribution in [0.15, 0.2) is 28.7 Å². The van der Waals surface area contributed by atoms with Gasteiger partial charge in [0.25, 0.3) is 0 Å². The zero-order valence-corrected chi connectivity index (χ0v) is 13.1. The maximum absolute atomic E-state index is 10.9. The summed E-state index contributed by atoms with van der Waals surface area (Å²) in [5.41, 5.74) is 1.05. The van der Waals surface area contributed by atoms with Crippen molar-refractivity contribution in [1.29, 1.82) is 0 Å². The Labute approximate surface area is 119 Å². The van der Waals surface area contributed by atoms with Gasteiger partial charge in [0, 0.05) is 10.9 Å². The molecule has 1 fully saturated rings. The van der Waals surface area contributed by atoms with E-state index in [1.54, 1.807) is 0 Å². The second kappa shape index (κ2) is 4.97. The quantitative estimate of drug-likeness (QED) is 0.848. The third kappa shape index (κ3) is 2.97. The van der Waals surface area contributed by atoms with Gasteiger partial charge in [-0.1, -0.05) is 54.9 Å². The van der Waals surface area contributed by atoms with Gasteiger partial charge in [-0.05, 0) is 42.2 Å². The molecule has 2 heteroatoms. The van der Waals surface area contributed by atoms with Crippen LogP contribution in [-0.2, 0) is 6.42 Å². The fourth-order valence-corrected chi connectivity index (χ4v) is 3.58. The molecule has 1 aromatic carbocycles. The zero-order chi connectivity index (χ0) is 13.4. The van der Waals surface area contributed by atoms with Gasteiger partial charge >= 0.3 is 0 Å². The molecular formula is C16H23BrO. The van der Waals surface area contributed by atoms with Crippen LogP contribution >= 0.6 is 15.9 Å². The van der Waals surface area contributed by atoms with Gasteiger partial charge in [-0.25, -0.2) is 0 Å². The summed E-state index contributed by atoms with van der Waals surface area (Å²) in [6.07, 6.45) is 3.88. The van der Waals surface area contributed by atoms with Crippen LogP contribution in [0.4, 0.5) is 0 Å². The standard InChI is InChI=1S/C16H23BrO/c1-12-10-15(2,3)8-9-16(12,18)11-13-6-4-5-7-14(13)17/h4-7,12,18H,8-11H2,1-3H3. The molecule has 0 spiro atoms. The topological polar surface area (TPSA) is 20.2 Å². The monoisotopic (exact) mass is 310 g/mol. The Morgan fingerprint density at radius 2 is 1.94 bits per heavy atom. The van der Waals surface area contributed by atoms with E-state index in [2.05, 4.69) is 48.8 Å².